The minimum Gasteiger partial charge on any atom is -0.496 e. The van der Waals surface area contributed by atoms with E-state index in [0.29, 0.717) is 5.75 Å². The number of benzene rings is 2. The summed E-state index contributed by atoms with van der Waals surface area (Å²) in [6.07, 6.45) is 0. The average molecular weight is 329 g/mol. The number of hydrogen-bond acceptors (Lipinski definition) is 3. The number of carbonyl (C=O) groups is 1. The molecule has 0 atom stereocenters. The first-order valence-electron chi connectivity index (χ1n) is 7.58. The van der Waals surface area contributed by atoms with Crippen LogP contribution in [0.2, 0.25) is 0 Å². The van der Waals surface area contributed by atoms with Crippen LogP contribution in [0.5, 0.6) is 5.75 Å². The van der Waals surface area contributed by atoms with Crippen molar-refractivity contribution in [3.63, 3.8) is 0 Å². The Bertz CT molecular complexity index is 698. The summed E-state index contributed by atoms with van der Waals surface area (Å²) in [6.45, 7) is 6.08. The molecule has 122 valence electrons. The van der Waals surface area contributed by atoms with Crippen LogP contribution in [0, 0.1) is 20.8 Å². The van der Waals surface area contributed by atoms with Crippen molar-refractivity contribution < 1.29 is 9.53 Å². The summed E-state index contributed by atoms with van der Waals surface area (Å²) in [7, 11) is 1.67. The summed E-state index contributed by atoms with van der Waals surface area (Å²) in [4.78, 5) is 12.1. The molecule has 4 heteroatoms. The van der Waals surface area contributed by atoms with Crippen LogP contribution in [-0.4, -0.2) is 18.8 Å². The van der Waals surface area contributed by atoms with E-state index in [-0.39, 0.29) is 5.91 Å². The molecule has 2 aromatic carbocycles. The predicted molar refractivity (Wildman–Crippen MR) is 98.4 cm³/mol. The van der Waals surface area contributed by atoms with Gasteiger partial charge in [-0.2, -0.15) is 0 Å². The Morgan fingerprint density at radius 2 is 1.78 bits per heavy atom. The Hall–Kier alpha value is -1.94. The Kier molecular flexibility index (Phi) is 6.11. The molecule has 0 saturated carbocycles. The number of methoxy groups -OCH3 is 1. The van der Waals surface area contributed by atoms with E-state index in [2.05, 4.69) is 18.3 Å². The number of ether oxygens (including phenoxy) is 1. The molecule has 2 aromatic rings. The summed E-state index contributed by atoms with van der Waals surface area (Å²) in [5, 5.41) is 2.99. The molecule has 0 spiro atoms. The lowest BCUT2D eigenvalue weighted by molar-refractivity contribution is -0.113. The summed E-state index contributed by atoms with van der Waals surface area (Å²) < 4.78 is 5.37. The lowest BCUT2D eigenvalue weighted by atomic mass is 10.1. The maximum atomic E-state index is 12.1. The van der Waals surface area contributed by atoms with Crippen molar-refractivity contribution >= 4 is 23.4 Å². The molecule has 0 heterocycles. The van der Waals surface area contributed by atoms with Gasteiger partial charge in [-0.15, -0.1) is 11.8 Å². The van der Waals surface area contributed by atoms with Gasteiger partial charge in [0.2, 0.25) is 5.91 Å². The number of rotatable bonds is 6. The van der Waals surface area contributed by atoms with Gasteiger partial charge in [-0.1, -0.05) is 29.8 Å². The molecule has 0 aliphatic rings. The maximum Gasteiger partial charge on any atom is 0.234 e. The fourth-order valence-corrected chi connectivity index (χ4v) is 3.14. The standard InChI is InChI=1S/C19H23NO2S/c1-13-6-8-18(22-4)16(9-13)11-23-12-19(21)20-17-10-14(2)5-7-15(17)3/h5-10H,11-12H2,1-4H3,(H,20,21). The fourth-order valence-electron chi connectivity index (χ4n) is 2.33. The van der Waals surface area contributed by atoms with Crippen LogP contribution in [0.3, 0.4) is 0 Å². The molecule has 0 aliphatic carbocycles. The first-order chi connectivity index (χ1) is 11.0. The van der Waals surface area contributed by atoms with Gasteiger partial charge in [0.1, 0.15) is 5.75 Å². The normalized spacial score (nSPS) is 10.4. The number of carbonyl (C=O) groups excluding carboxylic acids is 1. The number of nitrogens with one attached hydrogen (secondary N) is 1. The second-order valence-electron chi connectivity index (χ2n) is 5.67. The highest BCUT2D eigenvalue weighted by Gasteiger charge is 2.08. The van der Waals surface area contributed by atoms with Crippen LogP contribution in [0.1, 0.15) is 22.3 Å². The van der Waals surface area contributed by atoms with Crippen molar-refractivity contribution in [1.29, 1.82) is 0 Å². The smallest absolute Gasteiger partial charge is 0.234 e. The summed E-state index contributed by atoms with van der Waals surface area (Å²) >= 11 is 1.59. The molecular formula is C19H23NO2S. The second kappa shape index (κ2) is 8.06. The molecule has 0 bridgehead atoms. The third-order valence-corrected chi connectivity index (χ3v) is 4.58. The average Bonchev–Trinajstić information content (AvgIpc) is 2.51. The third-order valence-electron chi connectivity index (χ3n) is 3.59. The predicted octanol–water partition coefficient (Wildman–Crippen LogP) is 4.49. The van der Waals surface area contributed by atoms with Gasteiger partial charge in [0, 0.05) is 17.0 Å². The van der Waals surface area contributed by atoms with Crippen molar-refractivity contribution in [2.75, 3.05) is 18.2 Å². The van der Waals surface area contributed by atoms with Gasteiger partial charge in [-0.25, -0.2) is 0 Å². The molecule has 2 rings (SSSR count). The van der Waals surface area contributed by atoms with Crippen LogP contribution in [0.4, 0.5) is 5.69 Å². The van der Waals surface area contributed by atoms with E-state index < -0.39 is 0 Å². The molecule has 0 radical (unpaired) electrons. The first kappa shape index (κ1) is 17.4. The molecule has 3 nitrogen and oxygen atoms in total. The van der Waals surface area contributed by atoms with E-state index in [0.717, 1.165) is 33.9 Å². The summed E-state index contributed by atoms with van der Waals surface area (Å²) in [5.74, 6) is 2.07. The topological polar surface area (TPSA) is 38.3 Å². The van der Waals surface area contributed by atoms with Gasteiger partial charge in [-0.3, -0.25) is 4.79 Å². The van der Waals surface area contributed by atoms with Gasteiger partial charge >= 0.3 is 0 Å². The number of thioether (sulfide) groups is 1. The Balaban J connectivity index is 1.90. The second-order valence-corrected chi connectivity index (χ2v) is 6.66. The lowest BCUT2D eigenvalue weighted by Gasteiger charge is -2.11. The Morgan fingerprint density at radius 1 is 1.09 bits per heavy atom. The van der Waals surface area contributed by atoms with Crippen LogP contribution >= 0.6 is 11.8 Å². The van der Waals surface area contributed by atoms with E-state index in [1.165, 1.54) is 5.56 Å². The van der Waals surface area contributed by atoms with Crippen molar-refractivity contribution in [1.82, 2.24) is 0 Å². The minimum atomic E-state index is 0.0234. The molecule has 1 N–H and O–H groups in total. The summed E-state index contributed by atoms with van der Waals surface area (Å²) in [6, 6.07) is 12.2. The van der Waals surface area contributed by atoms with Gasteiger partial charge in [0.15, 0.2) is 0 Å². The highest BCUT2D eigenvalue weighted by molar-refractivity contribution is 7.99. The van der Waals surface area contributed by atoms with E-state index >= 15 is 0 Å². The van der Waals surface area contributed by atoms with E-state index in [1.54, 1.807) is 18.9 Å². The van der Waals surface area contributed by atoms with Gasteiger partial charge in [0.25, 0.3) is 0 Å². The quantitative estimate of drug-likeness (QED) is 0.848. The maximum absolute atomic E-state index is 12.1. The van der Waals surface area contributed by atoms with Crippen molar-refractivity contribution in [2.45, 2.75) is 26.5 Å². The highest BCUT2D eigenvalue weighted by atomic mass is 32.2. The Labute approximate surface area is 142 Å². The van der Waals surface area contributed by atoms with Crippen molar-refractivity contribution in [2.24, 2.45) is 0 Å². The molecule has 23 heavy (non-hydrogen) atoms. The fraction of sp³-hybridized carbons (Fsp3) is 0.316. The first-order valence-corrected chi connectivity index (χ1v) is 8.73. The number of anilines is 1. The lowest BCUT2D eigenvalue weighted by Crippen LogP contribution is -2.15. The molecule has 0 aliphatic heterocycles. The zero-order valence-corrected chi connectivity index (χ0v) is 14.9. The van der Waals surface area contributed by atoms with E-state index in [9.17, 15) is 4.79 Å². The van der Waals surface area contributed by atoms with Crippen LogP contribution in [0.25, 0.3) is 0 Å². The molecule has 0 aromatic heterocycles. The monoisotopic (exact) mass is 329 g/mol. The molecule has 0 saturated heterocycles. The SMILES string of the molecule is COc1ccc(C)cc1CSCC(=O)Nc1cc(C)ccc1C. The molecule has 0 fully saturated rings. The number of amides is 1. The molecule has 0 unspecified atom stereocenters. The molecule has 1 amide bonds. The summed E-state index contributed by atoms with van der Waals surface area (Å²) in [5.41, 5.74) is 5.43. The minimum absolute atomic E-state index is 0.0234. The highest BCUT2D eigenvalue weighted by Crippen LogP contribution is 2.24. The van der Waals surface area contributed by atoms with Gasteiger partial charge in [0.05, 0.1) is 12.9 Å². The third kappa shape index (κ3) is 5.03. The van der Waals surface area contributed by atoms with Crippen LogP contribution < -0.4 is 10.1 Å². The zero-order valence-electron chi connectivity index (χ0n) is 14.1. The van der Waals surface area contributed by atoms with Crippen LogP contribution in [0.15, 0.2) is 36.4 Å². The molecular weight excluding hydrogens is 306 g/mol. The van der Waals surface area contributed by atoms with Gasteiger partial charge < -0.3 is 10.1 Å². The van der Waals surface area contributed by atoms with E-state index in [1.807, 2.05) is 44.2 Å². The van der Waals surface area contributed by atoms with Crippen LogP contribution in [-0.2, 0) is 10.5 Å². The zero-order chi connectivity index (χ0) is 16.8. The largest absolute Gasteiger partial charge is 0.496 e. The Morgan fingerprint density at radius 3 is 2.52 bits per heavy atom. The van der Waals surface area contributed by atoms with Crippen molar-refractivity contribution in [3.8, 4) is 5.75 Å². The van der Waals surface area contributed by atoms with Gasteiger partial charge in [-0.05, 0) is 44.0 Å². The van der Waals surface area contributed by atoms with E-state index in [4.69, 9.17) is 4.74 Å². The number of aryl methyl sites for hydroxylation is 3. The van der Waals surface area contributed by atoms with Crippen molar-refractivity contribution in [3.05, 3.63) is 58.7 Å². The number of hydrogen-bond donors (Lipinski definition) is 1.